The number of nitrogens with one attached hydrogen (secondary N) is 1. The third-order valence-corrected chi connectivity index (χ3v) is 4.47. The first kappa shape index (κ1) is 16.2. The summed E-state index contributed by atoms with van der Waals surface area (Å²) in [5.74, 6) is -0.326. The van der Waals surface area contributed by atoms with Crippen LogP contribution in [0.3, 0.4) is 0 Å². The lowest BCUT2D eigenvalue weighted by Crippen LogP contribution is -2.42. The molecule has 2 amide bonds. The average Bonchev–Trinajstić information content (AvgIpc) is 3.06. The number of aromatic nitrogens is 2. The van der Waals surface area contributed by atoms with Gasteiger partial charge in [-0.25, -0.2) is 0 Å². The molecule has 1 aromatic heterocycles. The van der Waals surface area contributed by atoms with Crippen molar-refractivity contribution in [2.24, 2.45) is 7.05 Å². The molecular formula is C18H22N4O2. The van der Waals surface area contributed by atoms with Crippen molar-refractivity contribution in [3.63, 3.8) is 0 Å². The molecule has 1 saturated heterocycles. The minimum Gasteiger partial charge on any atom is -0.339 e. The second kappa shape index (κ2) is 6.11. The minimum absolute atomic E-state index is 0.0550. The molecule has 2 heterocycles. The van der Waals surface area contributed by atoms with Crippen LogP contribution in [0, 0.1) is 20.8 Å². The quantitative estimate of drug-likeness (QED) is 0.936. The molecule has 1 aromatic carbocycles. The highest BCUT2D eigenvalue weighted by Gasteiger charge is 2.35. The van der Waals surface area contributed by atoms with Gasteiger partial charge in [-0.05, 0) is 44.4 Å². The van der Waals surface area contributed by atoms with Gasteiger partial charge in [0.15, 0.2) is 0 Å². The number of nitrogens with zero attached hydrogens (tertiary/aromatic N) is 3. The van der Waals surface area contributed by atoms with Crippen molar-refractivity contribution in [1.82, 2.24) is 15.1 Å². The predicted molar refractivity (Wildman–Crippen MR) is 92.1 cm³/mol. The van der Waals surface area contributed by atoms with Crippen molar-refractivity contribution >= 4 is 17.5 Å². The summed E-state index contributed by atoms with van der Waals surface area (Å²) < 4.78 is 1.50. The Labute approximate surface area is 141 Å². The SMILES string of the molecule is Cc1cc(C)c(N2CC[C@H](NC(=O)c3ccnn3C)C2=O)c(C)c1. The van der Waals surface area contributed by atoms with Crippen LogP contribution in [0.2, 0.25) is 0 Å². The van der Waals surface area contributed by atoms with E-state index in [1.165, 1.54) is 10.2 Å². The van der Waals surface area contributed by atoms with Crippen molar-refractivity contribution in [1.29, 1.82) is 0 Å². The van der Waals surface area contributed by atoms with Gasteiger partial charge >= 0.3 is 0 Å². The van der Waals surface area contributed by atoms with Crippen molar-refractivity contribution in [2.45, 2.75) is 33.2 Å². The molecule has 0 aliphatic carbocycles. The lowest BCUT2D eigenvalue weighted by molar-refractivity contribution is -0.118. The Balaban J connectivity index is 1.79. The molecule has 24 heavy (non-hydrogen) atoms. The zero-order valence-electron chi connectivity index (χ0n) is 14.5. The zero-order chi connectivity index (χ0) is 17.4. The van der Waals surface area contributed by atoms with Gasteiger partial charge in [-0.15, -0.1) is 0 Å². The van der Waals surface area contributed by atoms with E-state index in [2.05, 4.69) is 22.5 Å². The molecular weight excluding hydrogens is 304 g/mol. The van der Waals surface area contributed by atoms with Crippen LogP contribution in [0.4, 0.5) is 5.69 Å². The van der Waals surface area contributed by atoms with E-state index < -0.39 is 6.04 Å². The molecule has 6 nitrogen and oxygen atoms in total. The summed E-state index contributed by atoms with van der Waals surface area (Å²) in [6.45, 7) is 6.70. The highest BCUT2D eigenvalue weighted by Crippen LogP contribution is 2.30. The molecule has 1 atom stereocenters. The van der Waals surface area contributed by atoms with Crippen molar-refractivity contribution < 1.29 is 9.59 Å². The van der Waals surface area contributed by atoms with E-state index in [0.717, 1.165) is 16.8 Å². The smallest absolute Gasteiger partial charge is 0.270 e. The minimum atomic E-state index is -0.493. The first-order valence-corrected chi connectivity index (χ1v) is 8.06. The molecule has 2 aromatic rings. The Morgan fingerprint density at radius 2 is 1.92 bits per heavy atom. The molecule has 0 saturated carbocycles. The van der Waals surface area contributed by atoms with Gasteiger partial charge in [0.05, 0.1) is 0 Å². The molecule has 0 bridgehead atoms. The highest BCUT2D eigenvalue weighted by atomic mass is 16.2. The Morgan fingerprint density at radius 3 is 2.50 bits per heavy atom. The maximum atomic E-state index is 12.8. The van der Waals surface area contributed by atoms with Crippen molar-refractivity contribution in [2.75, 3.05) is 11.4 Å². The third-order valence-electron chi connectivity index (χ3n) is 4.47. The summed E-state index contributed by atoms with van der Waals surface area (Å²) >= 11 is 0. The standard InChI is InChI=1S/C18H22N4O2/c1-11-9-12(2)16(13(3)10-11)22-8-6-14(18(22)24)20-17(23)15-5-7-19-21(15)4/h5,7,9-10,14H,6,8H2,1-4H3,(H,20,23)/t14-/m0/s1. The van der Waals surface area contributed by atoms with Gasteiger partial charge in [-0.2, -0.15) is 5.10 Å². The number of carbonyl (C=O) groups excluding carboxylic acids is 2. The van der Waals surface area contributed by atoms with Crippen LogP contribution in [0.25, 0.3) is 0 Å². The highest BCUT2D eigenvalue weighted by molar-refractivity contribution is 6.04. The number of benzene rings is 1. The number of carbonyl (C=O) groups is 2. The molecule has 0 radical (unpaired) electrons. The number of anilines is 1. The van der Waals surface area contributed by atoms with Gasteiger partial charge in [-0.3, -0.25) is 14.3 Å². The lowest BCUT2D eigenvalue weighted by Gasteiger charge is -2.22. The number of rotatable bonds is 3. The summed E-state index contributed by atoms with van der Waals surface area (Å²) in [5.41, 5.74) is 4.76. The molecule has 126 valence electrons. The normalized spacial score (nSPS) is 17.4. The van der Waals surface area contributed by atoms with Crippen LogP contribution in [0.15, 0.2) is 24.4 Å². The fraction of sp³-hybridized carbons (Fsp3) is 0.389. The summed E-state index contributed by atoms with van der Waals surface area (Å²) in [7, 11) is 1.71. The van der Waals surface area contributed by atoms with Gasteiger partial charge in [0.25, 0.3) is 5.91 Å². The number of hydrogen-bond acceptors (Lipinski definition) is 3. The van der Waals surface area contributed by atoms with Crippen LogP contribution in [0.1, 0.15) is 33.6 Å². The van der Waals surface area contributed by atoms with Gasteiger partial charge < -0.3 is 10.2 Å². The van der Waals surface area contributed by atoms with Crippen molar-refractivity contribution in [3.05, 3.63) is 46.8 Å². The van der Waals surface area contributed by atoms with E-state index >= 15 is 0 Å². The fourth-order valence-electron chi connectivity index (χ4n) is 3.46. The number of hydrogen-bond donors (Lipinski definition) is 1. The number of aryl methyl sites for hydroxylation is 4. The number of amides is 2. The lowest BCUT2D eigenvalue weighted by atomic mass is 10.0. The second-order valence-electron chi connectivity index (χ2n) is 6.39. The molecule has 0 spiro atoms. The van der Waals surface area contributed by atoms with Crippen LogP contribution < -0.4 is 10.2 Å². The maximum absolute atomic E-state index is 12.8. The van der Waals surface area contributed by atoms with Crippen LogP contribution >= 0.6 is 0 Å². The molecule has 1 aliphatic heterocycles. The fourth-order valence-corrected chi connectivity index (χ4v) is 3.46. The van der Waals surface area contributed by atoms with E-state index in [-0.39, 0.29) is 11.8 Å². The van der Waals surface area contributed by atoms with Gasteiger partial charge in [0.2, 0.25) is 5.91 Å². The predicted octanol–water partition coefficient (Wildman–Crippen LogP) is 1.88. The zero-order valence-corrected chi connectivity index (χ0v) is 14.5. The van der Waals surface area contributed by atoms with Crippen LogP contribution in [-0.2, 0) is 11.8 Å². The molecule has 3 rings (SSSR count). The van der Waals surface area contributed by atoms with Gasteiger partial charge in [-0.1, -0.05) is 17.7 Å². The van der Waals surface area contributed by atoms with E-state index in [0.29, 0.717) is 18.7 Å². The summed E-state index contributed by atoms with van der Waals surface area (Å²) in [4.78, 5) is 26.9. The van der Waals surface area contributed by atoms with Crippen LogP contribution in [-0.4, -0.2) is 34.2 Å². The average molecular weight is 326 g/mol. The van der Waals surface area contributed by atoms with E-state index in [1.54, 1.807) is 24.2 Å². The molecule has 1 aliphatic rings. The van der Waals surface area contributed by atoms with Gasteiger partial charge in [0.1, 0.15) is 11.7 Å². The Bertz CT molecular complexity index is 786. The molecule has 0 unspecified atom stereocenters. The second-order valence-corrected chi connectivity index (χ2v) is 6.39. The van der Waals surface area contributed by atoms with E-state index in [1.807, 2.05) is 20.8 Å². The maximum Gasteiger partial charge on any atom is 0.270 e. The Hall–Kier alpha value is -2.63. The first-order chi connectivity index (χ1) is 11.4. The topological polar surface area (TPSA) is 67.2 Å². The Morgan fingerprint density at radius 1 is 1.25 bits per heavy atom. The molecule has 1 fully saturated rings. The van der Waals surface area contributed by atoms with Crippen LogP contribution in [0.5, 0.6) is 0 Å². The molecule has 6 heteroatoms. The first-order valence-electron chi connectivity index (χ1n) is 8.06. The van der Waals surface area contributed by atoms with E-state index in [4.69, 9.17) is 0 Å². The third kappa shape index (κ3) is 2.79. The largest absolute Gasteiger partial charge is 0.339 e. The summed E-state index contributed by atoms with van der Waals surface area (Å²) in [6.07, 6.45) is 2.17. The molecule has 1 N–H and O–H groups in total. The monoisotopic (exact) mass is 326 g/mol. The van der Waals surface area contributed by atoms with E-state index in [9.17, 15) is 9.59 Å². The van der Waals surface area contributed by atoms with Crippen molar-refractivity contribution in [3.8, 4) is 0 Å². The van der Waals surface area contributed by atoms with Gasteiger partial charge in [0, 0.05) is 25.5 Å². The summed E-state index contributed by atoms with van der Waals surface area (Å²) in [5, 5.41) is 6.82. The Kier molecular flexibility index (Phi) is 4.13. The summed E-state index contributed by atoms with van der Waals surface area (Å²) in [6, 6.07) is 5.31.